The van der Waals surface area contributed by atoms with Crippen molar-refractivity contribution in [1.29, 1.82) is 0 Å². The van der Waals surface area contributed by atoms with Gasteiger partial charge in [0.25, 0.3) is 5.91 Å². The second-order valence-corrected chi connectivity index (χ2v) is 10.2. The van der Waals surface area contributed by atoms with Crippen molar-refractivity contribution in [3.8, 4) is 0 Å². The second-order valence-electron chi connectivity index (χ2n) is 7.31. The van der Waals surface area contributed by atoms with Crippen molar-refractivity contribution in [2.24, 2.45) is 0 Å². The number of nitrogens with one attached hydrogen (secondary N) is 1. The number of nitrogens with two attached hydrogens (primary N) is 1. The Bertz CT molecular complexity index is 1270. The van der Waals surface area contributed by atoms with Gasteiger partial charge in [0.15, 0.2) is 0 Å². The molecule has 0 spiro atoms. The van der Waals surface area contributed by atoms with Gasteiger partial charge in [-0.15, -0.1) is 16.4 Å². The van der Waals surface area contributed by atoms with Gasteiger partial charge in [0.1, 0.15) is 9.71 Å². The first-order valence-electron chi connectivity index (χ1n) is 9.29. The molecule has 1 aliphatic heterocycles. The highest BCUT2D eigenvalue weighted by Gasteiger charge is 2.31. The first kappa shape index (κ1) is 21.4. The second kappa shape index (κ2) is 7.68. The van der Waals surface area contributed by atoms with Crippen LogP contribution in [0.3, 0.4) is 0 Å². The van der Waals surface area contributed by atoms with Gasteiger partial charge < -0.3 is 16.0 Å². The Labute approximate surface area is 181 Å². The van der Waals surface area contributed by atoms with Crippen molar-refractivity contribution < 1.29 is 22.0 Å². The van der Waals surface area contributed by atoms with Gasteiger partial charge in [-0.1, -0.05) is 0 Å². The molecule has 31 heavy (non-hydrogen) atoms. The minimum atomic E-state index is -4.62. The number of hydrogen-bond acceptors (Lipinski definition) is 8. The molecule has 1 aromatic carbocycles. The molecule has 8 nitrogen and oxygen atoms in total. The van der Waals surface area contributed by atoms with E-state index < -0.39 is 20.5 Å². The number of anilines is 2. The number of hydrogen-bond donors (Lipinski definition) is 2. The molecule has 2 aromatic heterocycles. The van der Waals surface area contributed by atoms with E-state index in [0.29, 0.717) is 34.2 Å². The molecule has 1 aliphatic rings. The van der Waals surface area contributed by atoms with Gasteiger partial charge in [-0.25, -0.2) is 8.42 Å². The fourth-order valence-electron chi connectivity index (χ4n) is 3.39. The molecule has 3 aromatic rings. The maximum atomic E-state index is 12.7. The molecule has 0 bridgehead atoms. The molecule has 0 aliphatic carbocycles. The lowest BCUT2D eigenvalue weighted by Crippen LogP contribution is -2.59. The highest BCUT2D eigenvalue weighted by Crippen LogP contribution is 2.35. The number of rotatable bonds is 5. The number of carbonyl (C=O) groups excluding carboxylic acids is 1. The predicted octanol–water partition coefficient (Wildman–Crippen LogP) is 2.51. The maximum Gasteiger partial charge on any atom is 0.341 e. The number of benzene rings is 1. The number of fused-ring (bicyclic) bond motifs is 1. The van der Waals surface area contributed by atoms with Crippen molar-refractivity contribution in [3.63, 3.8) is 0 Å². The van der Waals surface area contributed by atoms with Crippen molar-refractivity contribution in [2.45, 2.75) is 30.5 Å². The predicted molar refractivity (Wildman–Crippen MR) is 114 cm³/mol. The fourth-order valence-corrected chi connectivity index (χ4v) is 5.12. The van der Waals surface area contributed by atoms with Crippen LogP contribution in [0.15, 0.2) is 29.2 Å². The fraction of sp³-hybridized carbons (Fsp3) is 0.316. The third-order valence-corrected chi connectivity index (χ3v) is 7.81. The number of amides is 1. The molecule has 0 atom stereocenters. The minimum absolute atomic E-state index is 0.129. The van der Waals surface area contributed by atoms with Crippen LogP contribution in [0.2, 0.25) is 0 Å². The van der Waals surface area contributed by atoms with Crippen LogP contribution in [0, 0.1) is 13.8 Å². The summed E-state index contributed by atoms with van der Waals surface area (Å²) in [5, 5.41) is 11.9. The number of thiophene rings is 1. The number of aromatic nitrogens is 2. The zero-order chi connectivity index (χ0) is 22.5. The monoisotopic (exact) mass is 467 g/mol. The van der Waals surface area contributed by atoms with Crippen LogP contribution in [-0.2, 0) is 9.84 Å². The zero-order valence-corrected chi connectivity index (χ0v) is 18.2. The van der Waals surface area contributed by atoms with E-state index in [2.05, 4.69) is 15.5 Å². The summed E-state index contributed by atoms with van der Waals surface area (Å²) >= 11 is 1.19. The molecular weight excluding hydrogens is 448 g/mol. The summed E-state index contributed by atoms with van der Waals surface area (Å²) in [6.07, 6.45) is 0. The van der Waals surface area contributed by atoms with Crippen LogP contribution in [0.1, 0.15) is 20.9 Å². The van der Waals surface area contributed by atoms with Crippen molar-refractivity contribution in [1.82, 2.24) is 15.5 Å². The molecule has 4 rings (SSSR count). The van der Waals surface area contributed by atoms with Crippen molar-refractivity contribution >= 4 is 48.7 Å². The summed E-state index contributed by atoms with van der Waals surface area (Å²) in [6, 6.07) is 5.13. The number of nitrogen functional groups attached to an aromatic ring is 1. The SMILES string of the molecule is Cc1nnc2sc(C(=O)NC3CN(c4ccc(S(=O)(=O)C(F)F)cc4)C3)c(N)c2c1C. The Balaban J connectivity index is 1.41. The third-order valence-electron chi connectivity index (χ3n) is 5.32. The topological polar surface area (TPSA) is 118 Å². The summed E-state index contributed by atoms with van der Waals surface area (Å²) < 4.78 is 48.3. The van der Waals surface area contributed by atoms with E-state index >= 15 is 0 Å². The smallest absolute Gasteiger partial charge is 0.341 e. The van der Waals surface area contributed by atoms with Crippen LogP contribution in [0.5, 0.6) is 0 Å². The molecule has 3 N–H and O–H groups in total. The highest BCUT2D eigenvalue weighted by atomic mass is 32.2. The Morgan fingerprint density at radius 2 is 1.87 bits per heavy atom. The lowest BCUT2D eigenvalue weighted by molar-refractivity contribution is 0.0935. The van der Waals surface area contributed by atoms with Crippen LogP contribution >= 0.6 is 11.3 Å². The van der Waals surface area contributed by atoms with Gasteiger partial charge >= 0.3 is 5.76 Å². The summed E-state index contributed by atoms with van der Waals surface area (Å²) in [7, 11) is -4.62. The summed E-state index contributed by atoms with van der Waals surface area (Å²) in [6.45, 7) is 4.71. The average Bonchev–Trinajstić information content (AvgIpc) is 3.04. The molecule has 1 amide bonds. The highest BCUT2D eigenvalue weighted by molar-refractivity contribution is 7.91. The van der Waals surface area contributed by atoms with Crippen LogP contribution in [-0.4, -0.2) is 49.4 Å². The van der Waals surface area contributed by atoms with Gasteiger partial charge in [0.05, 0.1) is 22.3 Å². The summed E-state index contributed by atoms with van der Waals surface area (Å²) in [5.41, 5.74) is 8.92. The lowest BCUT2D eigenvalue weighted by Gasteiger charge is -2.41. The summed E-state index contributed by atoms with van der Waals surface area (Å²) in [5.74, 6) is -3.75. The normalized spacial score (nSPS) is 14.8. The van der Waals surface area contributed by atoms with E-state index in [9.17, 15) is 22.0 Å². The first-order valence-corrected chi connectivity index (χ1v) is 11.7. The molecule has 3 heterocycles. The van der Waals surface area contributed by atoms with Gasteiger partial charge in [0.2, 0.25) is 9.84 Å². The lowest BCUT2D eigenvalue weighted by atomic mass is 10.1. The standard InChI is InChI=1S/C19H19F2N5O3S2/c1-9-10(2)24-25-18-14(9)15(22)16(30-18)17(27)23-11-7-26(8-11)12-3-5-13(6-4-12)31(28,29)19(20)21/h3-6,11,19H,7-8,22H2,1-2H3,(H,23,27). The van der Waals surface area contributed by atoms with Crippen molar-refractivity contribution in [2.75, 3.05) is 23.7 Å². The van der Waals surface area contributed by atoms with E-state index in [1.807, 2.05) is 18.7 Å². The molecule has 0 saturated carbocycles. The third kappa shape index (κ3) is 3.69. The quantitative estimate of drug-likeness (QED) is 0.592. The van der Waals surface area contributed by atoms with Gasteiger partial charge in [-0.3, -0.25) is 4.79 Å². The molecule has 12 heteroatoms. The van der Waals surface area contributed by atoms with Crippen LogP contribution in [0.4, 0.5) is 20.2 Å². The van der Waals surface area contributed by atoms with Crippen molar-refractivity contribution in [3.05, 3.63) is 40.4 Å². The number of sulfone groups is 1. The largest absolute Gasteiger partial charge is 0.397 e. The van der Waals surface area contributed by atoms with Gasteiger partial charge in [-0.05, 0) is 43.7 Å². The Morgan fingerprint density at radius 3 is 2.48 bits per heavy atom. The molecule has 0 unspecified atom stereocenters. The van der Waals surface area contributed by atoms with E-state index in [4.69, 9.17) is 5.73 Å². The number of carbonyl (C=O) groups is 1. The van der Waals surface area contributed by atoms with E-state index in [-0.39, 0.29) is 11.9 Å². The van der Waals surface area contributed by atoms with Crippen LogP contribution < -0.4 is 16.0 Å². The Morgan fingerprint density at radius 1 is 1.23 bits per heavy atom. The van der Waals surface area contributed by atoms with E-state index in [1.54, 1.807) is 0 Å². The van der Waals surface area contributed by atoms with E-state index in [0.717, 1.165) is 28.8 Å². The zero-order valence-electron chi connectivity index (χ0n) is 16.6. The minimum Gasteiger partial charge on any atom is -0.397 e. The molecule has 164 valence electrons. The molecular formula is C19H19F2N5O3S2. The number of aryl methyl sites for hydroxylation is 2. The van der Waals surface area contributed by atoms with Gasteiger partial charge in [0, 0.05) is 24.2 Å². The Kier molecular flexibility index (Phi) is 5.30. The first-order chi connectivity index (χ1) is 14.6. The number of nitrogens with zero attached hydrogens (tertiary/aromatic N) is 3. The average molecular weight is 468 g/mol. The number of halogens is 2. The Hall–Kier alpha value is -2.86. The molecule has 1 saturated heterocycles. The van der Waals surface area contributed by atoms with Crippen LogP contribution in [0.25, 0.3) is 10.2 Å². The van der Waals surface area contributed by atoms with E-state index in [1.165, 1.54) is 23.5 Å². The molecule has 0 radical (unpaired) electrons. The number of alkyl halides is 2. The maximum absolute atomic E-state index is 12.7. The molecule has 1 fully saturated rings. The van der Waals surface area contributed by atoms with Gasteiger partial charge in [-0.2, -0.15) is 13.9 Å². The summed E-state index contributed by atoms with van der Waals surface area (Å²) in [4.78, 5) is 15.2.